The Morgan fingerprint density at radius 3 is 0.902 bits per heavy atom. The normalized spacial score (nSPS) is 29.2. The first-order chi connectivity index (χ1) is 53.3. The molecule has 0 aromatic heterocycles. The molecule has 11 rings (SSSR count). The number of hydrogen-bond donors (Lipinski definition) is 1. The van der Waals surface area contributed by atoms with Crippen molar-refractivity contribution < 1.29 is 157 Å². The molecule has 596 valence electrons. The Morgan fingerprint density at radius 2 is 0.589 bits per heavy atom. The molecule has 7 aliphatic rings. The van der Waals surface area contributed by atoms with Crippen molar-refractivity contribution in [3.05, 3.63) is 142 Å². The molecule has 0 aliphatic carbocycles. The average Bonchev–Trinajstić information content (AvgIpc) is 1.52. The predicted molar refractivity (Wildman–Crippen MR) is 365 cm³/mol. The predicted octanol–water partition coefficient (Wildman–Crippen LogP) is 1.67. The maximum absolute atomic E-state index is 15.3. The van der Waals surface area contributed by atoms with Crippen molar-refractivity contribution in [2.45, 2.75) is 198 Å². The molecule has 1 N–H and O–H groups in total. The van der Waals surface area contributed by atoms with Gasteiger partial charge < -0.3 is 85.8 Å². The Morgan fingerprint density at radius 1 is 0.312 bits per heavy atom. The molecule has 4 fully saturated rings. The number of rotatable bonds is 26. The third-order valence-corrected chi connectivity index (χ3v) is 18.7. The fourth-order valence-electron chi connectivity index (χ4n) is 14.4. The first-order valence-corrected chi connectivity index (χ1v) is 35.1. The number of ether oxygens (including phenoxy) is 17. The van der Waals surface area contributed by atoms with Gasteiger partial charge in [0.1, 0.15) is 80.6 Å². The number of esters is 9. The Balaban J connectivity index is 1.17. The molecule has 0 radical (unpaired) electrons. The van der Waals surface area contributed by atoms with Gasteiger partial charge in [-0.05, 0) is 42.0 Å². The van der Waals surface area contributed by atoms with Gasteiger partial charge in [0.2, 0.25) is 5.91 Å². The maximum atomic E-state index is 15.3. The van der Waals surface area contributed by atoms with Gasteiger partial charge >= 0.3 is 53.7 Å². The van der Waals surface area contributed by atoms with Gasteiger partial charge in [0.15, 0.2) is 61.8 Å². The lowest BCUT2D eigenvalue weighted by Crippen LogP contribution is -2.73. The molecule has 7 aliphatic heterocycles. The van der Waals surface area contributed by atoms with E-state index in [0.29, 0.717) is 20.3 Å². The molecule has 37 nitrogen and oxygen atoms in total. The highest BCUT2D eigenvalue weighted by Gasteiger charge is 2.64. The molecule has 112 heavy (non-hydrogen) atoms. The number of carbonyl (C=O) groups is 16. The van der Waals surface area contributed by atoms with Crippen molar-refractivity contribution >= 4 is 95.1 Å². The second-order valence-electron chi connectivity index (χ2n) is 26.6. The Hall–Kier alpha value is -11.3. The molecular formula is C75H78N4O33. The van der Waals surface area contributed by atoms with Crippen LogP contribution in [0.5, 0.6) is 0 Å². The fourth-order valence-corrected chi connectivity index (χ4v) is 14.4. The van der Waals surface area contributed by atoms with E-state index < -0.39 is 251 Å². The molecule has 7 heterocycles. The van der Waals surface area contributed by atoms with E-state index in [9.17, 15) is 57.5 Å². The van der Waals surface area contributed by atoms with Gasteiger partial charge in [-0.2, -0.15) is 0 Å². The van der Waals surface area contributed by atoms with Crippen LogP contribution in [0.3, 0.4) is 0 Å². The van der Waals surface area contributed by atoms with Crippen LogP contribution < -0.4 is 5.32 Å². The Kier molecular flexibility index (Phi) is 25.5. The number of fused-ring (bicyclic) bond motifs is 3. The monoisotopic (exact) mass is 1560 g/mol. The van der Waals surface area contributed by atoms with E-state index in [1.165, 1.54) is 72.8 Å². The Bertz CT molecular complexity index is 4270. The van der Waals surface area contributed by atoms with E-state index in [1.54, 1.807) is 30.3 Å². The summed E-state index contributed by atoms with van der Waals surface area (Å²) in [6, 6.07) is 16.1. The third-order valence-electron chi connectivity index (χ3n) is 18.7. The third kappa shape index (κ3) is 17.7. The van der Waals surface area contributed by atoms with Crippen molar-refractivity contribution in [2.75, 3.05) is 26.4 Å². The van der Waals surface area contributed by atoms with Crippen molar-refractivity contribution in [3.63, 3.8) is 0 Å². The van der Waals surface area contributed by atoms with E-state index >= 15 is 19.2 Å². The van der Waals surface area contributed by atoms with E-state index in [2.05, 4.69) is 5.32 Å². The van der Waals surface area contributed by atoms with E-state index in [0.717, 1.165) is 69.2 Å². The van der Waals surface area contributed by atoms with Crippen molar-refractivity contribution in [1.82, 2.24) is 20.0 Å². The number of nitrogens with zero attached hydrogens (tertiary/aromatic N) is 3. The first-order valence-electron chi connectivity index (χ1n) is 35.1. The smallest absolute Gasteiger partial charge is 0.303 e. The van der Waals surface area contributed by atoms with Gasteiger partial charge in [-0.25, -0.2) is 0 Å². The van der Waals surface area contributed by atoms with Crippen LogP contribution in [0.15, 0.2) is 103 Å². The molecule has 0 saturated carbocycles. The van der Waals surface area contributed by atoms with E-state index in [-0.39, 0.29) is 33.4 Å². The van der Waals surface area contributed by atoms with E-state index in [1.807, 2.05) is 0 Å². The van der Waals surface area contributed by atoms with Crippen LogP contribution in [0.2, 0.25) is 0 Å². The minimum atomic E-state index is -2.43. The molecule has 4 aromatic rings. The summed E-state index contributed by atoms with van der Waals surface area (Å²) in [5.41, 5.74) is -0.869. The highest BCUT2D eigenvalue weighted by Crippen LogP contribution is 2.44. The number of amides is 7. The summed E-state index contributed by atoms with van der Waals surface area (Å²) >= 11 is 0. The molecule has 0 bridgehead atoms. The van der Waals surface area contributed by atoms with E-state index in [4.69, 9.17) is 80.5 Å². The highest BCUT2D eigenvalue weighted by atomic mass is 16.8. The van der Waals surface area contributed by atoms with Gasteiger partial charge in [-0.1, -0.05) is 66.7 Å². The Labute approximate surface area is 637 Å². The maximum Gasteiger partial charge on any atom is 0.303 e. The van der Waals surface area contributed by atoms with Crippen LogP contribution in [0.1, 0.15) is 137 Å². The van der Waals surface area contributed by atoms with Crippen molar-refractivity contribution in [1.29, 1.82) is 0 Å². The zero-order valence-corrected chi connectivity index (χ0v) is 61.7. The summed E-state index contributed by atoms with van der Waals surface area (Å²) in [6.07, 6.45) is -33.3. The van der Waals surface area contributed by atoms with Crippen LogP contribution in [0.4, 0.5) is 0 Å². The van der Waals surface area contributed by atoms with Crippen molar-refractivity contribution in [3.8, 4) is 0 Å². The quantitative estimate of drug-likeness (QED) is 0.0530. The number of nitrogens with one attached hydrogen (secondary N) is 1. The van der Waals surface area contributed by atoms with Gasteiger partial charge in [-0.3, -0.25) is 91.4 Å². The molecule has 4 saturated heterocycles. The van der Waals surface area contributed by atoms with Gasteiger partial charge in [0.05, 0.1) is 46.6 Å². The second kappa shape index (κ2) is 34.9. The highest BCUT2D eigenvalue weighted by molar-refractivity contribution is 6.23. The largest absolute Gasteiger partial charge is 0.463 e. The van der Waals surface area contributed by atoms with Crippen LogP contribution in [-0.2, 0) is 135 Å². The second-order valence-corrected chi connectivity index (χ2v) is 26.6. The number of carbonyl (C=O) groups excluding carboxylic acids is 16. The average molecular weight is 1560 g/mol. The van der Waals surface area contributed by atoms with Gasteiger partial charge in [-0.15, -0.1) is 0 Å². The van der Waals surface area contributed by atoms with Crippen LogP contribution in [-0.4, -0.2) is 259 Å². The molecular weight excluding hydrogens is 1480 g/mol. The summed E-state index contributed by atoms with van der Waals surface area (Å²) in [5, 5.41) is 2.74. The molecule has 0 unspecified atom stereocenters. The minimum absolute atomic E-state index is 0.185. The molecule has 4 aromatic carbocycles. The lowest BCUT2D eigenvalue weighted by atomic mass is 9.92. The lowest BCUT2D eigenvalue weighted by Gasteiger charge is -2.53. The topological polar surface area (TPSA) is 452 Å². The van der Waals surface area contributed by atoms with Gasteiger partial charge in [0.25, 0.3) is 35.4 Å². The molecule has 7 amide bonds. The molecule has 0 spiro atoms. The SMILES string of the molecule is CC(=O)N[C@H]1[C@@H](OCc2ccccc2)O[C@H](CO[C@@H]2O[C@H](COC(C)=O)[C@@H](OC(C)=O)[C@H](OC(C)=O)[C@H]2N2C(=O)c3ccccc3C2=O)[C@@H](O[C@@H]2O[C@H](COC(C)=O)[C@@H](OC(C)=O)[C@H](OC(C)=O)[C@H]2N2C(=O)c3ccccc3C2=O)[C@@H]1O[C@@H]1O[C@H](COC(C)=O)[C@@H](OC(C)=O)[C@H](OC(C)=O)[C@H]1N1C(=O)c2ccccc2C1=O. The van der Waals surface area contributed by atoms with Crippen LogP contribution in [0.25, 0.3) is 0 Å². The number of imide groups is 3. The summed E-state index contributed by atoms with van der Waals surface area (Å²) in [7, 11) is 0. The van der Waals surface area contributed by atoms with Crippen LogP contribution in [0, 0.1) is 0 Å². The van der Waals surface area contributed by atoms with Crippen molar-refractivity contribution in [2.24, 2.45) is 0 Å². The number of hydrogen-bond acceptors (Lipinski definition) is 33. The minimum Gasteiger partial charge on any atom is -0.463 e. The molecule has 37 heteroatoms. The summed E-state index contributed by atoms with van der Waals surface area (Å²) in [6.45, 7) is 5.41. The summed E-state index contributed by atoms with van der Waals surface area (Å²) in [5.74, 6) is -16.9. The zero-order valence-electron chi connectivity index (χ0n) is 61.7. The lowest BCUT2D eigenvalue weighted by molar-refractivity contribution is -0.369. The zero-order chi connectivity index (χ0) is 80.8. The van der Waals surface area contributed by atoms with Crippen LogP contribution >= 0.6 is 0 Å². The van der Waals surface area contributed by atoms with Gasteiger partial charge in [0, 0.05) is 69.2 Å². The summed E-state index contributed by atoms with van der Waals surface area (Å²) < 4.78 is 107. The first kappa shape index (κ1) is 81.7. The number of benzene rings is 4. The fraction of sp³-hybridized carbons (Fsp3) is 0.467. The molecule has 20 atom stereocenters. The standard InChI is InChI=1S/C75H78N4O33/c1-33(80)76-54-62(112-75-57(79-70(94)48-26-18-19-27-49(48)71(79)95)65(106-42(10)89)61(103-39(7)86)52(110-75)31-98-36(4)83)58(111-74-56(78-68(92)46-24-16-17-25-47(46)69(78)93)64(105-41(9)88)60(102-38(6)85)51(109-74)30-97-35(3)82)53(107-72(54)99-28-43-20-12-11-13-21-43)32-100-73-55(77-66(90)44-22-14-15-23-45(44)67(77)91)63(104-40(8)87)59(101-37(5)84)50(108-73)29-96-34(2)81/h11-27,50-65,72-75H,28-32H2,1-10H3,(H,76,80)/t50-,51-,52-,53-,54-,55-,56-,57-,58-,59-,60-,61-,62-,63-,64-,65-,72+,73-,74+,75+/m1/s1. The summed E-state index contributed by atoms with van der Waals surface area (Å²) in [4.78, 5) is 226.